The number of methoxy groups -OCH3 is 1. The minimum atomic E-state index is -0.613. The Hall–Kier alpha value is -2.89. The summed E-state index contributed by atoms with van der Waals surface area (Å²) < 4.78 is 10.5. The maximum atomic E-state index is 12.0. The first-order chi connectivity index (χ1) is 13.4. The van der Waals surface area contributed by atoms with Crippen molar-refractivity contribution in [3.63, 3.8) is 0 Å². The van der Waals surface area contributed by atoms with Crippen molar-refractivity contribution in [2.75, 3.05) is 37.5 Å². The van der Waals surface area contributed by atoms with Crippen molar-refractivity contribution in [3.05, 3.63) is 45.6 Å². The molecule has 1 fully saturated rings. The smallest absolute Gasteiger partial charge is 0.339 e. The molecule has 1 aliphatic heterocycles. The summed E-state index contributed by atoms with van der Waals surface area (Å²) in [5, 5.41) is 9.85. The van der Waals surface area contributed by atoms with Gasteiger partial charge < -0.3 is 20.1 Å². The number of nitriles is 1. The van der Waals surface area contributed by atoms with Crippen LogP contribution in [0.2, 0.25) is 5.02 Å². The molecule has 0 bridgehead atoms. The molecular weight excluding hydrogens is 382 g/mol. The van der Waals surface area contributed by atoms with Gasteiger partial charge in [0.05, 0.1) is 30.9 Å². The molecule has 3 rings (SSSR count). The van der Waals surface area contributed by atoms with Gasteiger partial charge in [-0.15, -0.1) is 0 Å². The highest BCUT2D eigenvalue weighted by atomic mass is 35.5. The van der Waals surface area contributed by atoms with Gasteiger partial charge in [-0.2, -0.15) is 10.2 Å². The minimum Gasteiger partial charge on any atom is -0.465 e. The van der Waals surface area contributed by atoms with Crippen molar-refractivity contribution in [2.45, 2.75) is 19.4 Å². The number of halogens is 1. The highest BCUT2D eigenvalue weighted by Gasteiger charge is 2.28. The van der Waals surface area contributed by atoms with Crippen molar-refractivity contribution in [2.24, 2.45) is 0 Å². The molecule has 0 spiro atoms. The molecule has 2 heterocycles. The Morgan fingerprint density at radius 3 is 2.89 bits per heavy atom. The predicted octanol–water partition coefficient (Wildman–Crippen LogP) is 2.65. The van der Waals surface area contributed by atoms with Crippen molar-refractivity contribution in [1.82, 2.24) is 9.97 Å². The molecule has 146 valence electrons. The molecule has 2 aromatic rings. The largest absolute Gasteiger partial charge is 0.465 e. The van der Waals surface area contributed by atoms with Gasteiger partial charge in [0, 0.05) is 29.9 Å². The van der Waals surface area contributed by atoms with Gasteiger partial charge in [0.2, 0.25) is 5.95 Å². The second-order valence-electron chi connectivity index (χ2n) is 6.39. The predicted molar refractivity (Wildman–Crippen MR) is 104 cm³/mol. The first kappa shape index (κ1) is 19.9. The Morgan fingerprint density at radius 1 is 1.43 bits per heavy atom. The van der Waals surface area contributed by atoms with Crippen molar-refractivity contribution in [1.29, 1.82) is 5.26 Å². The normalized spacial score (nSPS) is 16.9. The van der Waals surface area contributed by atoms with Crippen LogP contribution in [0, 0.1) is 18.3 Å². The minimum absolute atomic E-state index is 0.127. The Balaban J connectivity index is 2.10. The lowest BCUT2D eigenvalue weighted by molar-refractivity contribution is 0.0600. The molecule has 1 aromatic carbocycles. The van der Waals surface area contributed by atoms with E-state index in [9.17, 15) is 10.1 Å². The van der Waals surface area contributed by atoms with Crippen LogP contribution in [-0.2, 0) is 9.47 Å². The molecule has 1 aromatic heterocycles. The van der Waals surface area contributed by atoms with Crippen molar-refractivity contribution >= 4 is 29.3 Å². The SMILES string of the molecule is COC(=O)c1cc(Cl)c(C2COCCCN2c2cc(C)nc(N)n2)cc1C#N. The number of aromatic nitrogens is 2. The van der Waals surface area contributed by atoms with Crippen LogP contribution in [0.25, 0.3) is 0 Å². The second-order valence-corrected chi connectivity index (χ2v) is 6.79. The molecule has 1 atom stereocenters. The van der Waals surface area contributed by atoms with Crippen LogP contribution in [0.15, 0.2) is 18.2 Å². The third-order valence-electron chi connectivity index (χ3n) is 4.51. The summed E-state index contributed by atoms with van der Waals surface area (Å²) in [5.74, 6) is 0.231. The number of anilines is 2. The lowest BCUT2D eigenvalue weighted by atomic mass is 9.99. The molecule has 8 nitrogen and oxygen atoms in total. The summed E-state index contributed by atoms with van der Waals surface area (Å²) in [7, 11) is 1.26. The Bertz CT molecular complexity index is 924. The van der Waals surface area contributed by atoms with Crippen LogP contribution in [0.5, 0.6) is 0 Å². The van der Waals surface area contributed by atoms with Crippen LogP contribution < -0.4 is 10.6 Å². The number of nitrogen functional groups attached to an aromatic ring is 1. The number of rotatable bonds is 3. The number of carbonyl (C=O) groups is 1. The molecule has 0 saturated carbocycles. The van der Waals surface area contributed by atoms with Gasteiger partial charge in [-0.1, -0.05) is 11.6 Å². The van der Waals surface area contributed by atoms with E-state index in [1.165, 1.54) is 13.2 Å². The topological polar surface area (TPSA) is 114 Å². The van der Waals surface area contributed by atoms with E-state index in [4.69, 9.17) is 26.8 Å². The maximum Gasteiger partial charge on any atom is 0.339 e. The summed E-state index contributed by atoms with van der Waals surface area (Å²) in [6, 6.07) is 6.65. The Labute approximate surface area is 167 Å². The number of nitrogens with zero attached hydrogens (tertiary/aromatic N) is 4. The maximum absolute atomic E-state index is 12.0. The Kier molecular flexibility index (Phi) is 5.97. The van der Waals surface area contributed by atoms with Gasteiger partial charge in [0.25, 0.3) is 0 Å². The quantitative estimate of drug-likeness (QED) is 0.780. The van der Waals surface area contributed by atoms with Crippen LogP contribution in [0.1, 0.15) is 39.6 Å². The third kappa shape index (κ3) is 4.01. The number of carbonyl (C=O) groups excluding carboxylic acids is 1. The summed E-state index contributed by atoms with van der Waals surface area (Å²) in [6.45, 7) is 3.45. The van der Waals surface area contributed by atoms with E-state index in [2.05, 4.69) is 9.97 Å². The molecule has 0 radical (unpaired) electrons. The number of esters is 1. The number of aryl methyl sites for hydroxylation is 1. The average Bonchev–Trinajstić information content (AvgIpc) is 2.92. The van der Waals surface area contributed by atoms with E-state index in [-0.39, 0.29) is 23.1 Å². The zero-order chi connectivity index (χ0) is 20.3. The highest BCUT2D eigenvalue weighted by Crippen LogP contribution is 2.35. The fraction of sp³-hybridized carbons (Fsp3) is 0.368. The van der Waals surface area contributed by atoms with E-state index >= 15 is 0 Å². The fourth-order valence-corrected chi connectivity index (χ4v) is 3.54. The van der Waals surface area contributed by atoms with Crippen molar-refractivity contribution < 1.29 is 14.3 Å². The highest BCUT2D eigenvalue weighted by molar-refractivity contribution is 6.32. The van der Waals surface area contributed by atoms with Gasteiger partial charge in [0.15, 0.2) is 0 Å². The molecular formula is C19H20ClN5O3. The first-order valence-electron chi connectivity index (χ1n) is 8.72. The van der Waals surface area contributed by atoms with E-state index in [1.54, 1.807) is 6.07 Å². The van der Waals surface area contributed by atoms with Gasteiger partial charge in [-0.05, 0) is 31.0 Å². The van der Waals surface area contributed by atoms with Gasteiger partial charge in [0.1, 0.15) is 11.9 Å². The molecule has 1 saturated heterocycles. The van der Waals surface area contributed by atoms with E-state index < -0.39 is 5.97 Å². The first-order valence-corrected chi connectivity index (χ1v) is 9.09. The van der Waals surface area contributed by atoms with Crippen LogP contribution >= 0.6 is 11.6 Å². The third-order valence-corrected chi connectivity index (χ3v) is 4.84. The molecule has 9 heteroatoms. The number of hydrogen-bond donors (Lipinski definition) is 1. The zero-order valence-corrected chi connectivity index (χ0v) is 16.4. The van der Waals surface area contributed by atoms with Gasteiger partial charge in [-0.3, -0.25) is 0 Å². The molecule has 28 heavy (non-hydrogen) atoms. The molecule has 0 aliphatic carbocycles. The average molecular weight is 402 g/mol. The van der Waals surface area contributed by atoms with Crippen LogP contribution in [0.4, 0.5) is 11.8 Å². The van der Waals surface area contributed by atoms with Gasteiger partial charge in [-0.25, -0.2) is 9.78 Å². The van der Waals surface area contributed by atoms with Crippen LogP contribution in [0.3, 0.4) is 0 Å². The van der Waals surface area contributed by atoms with E-state index in [0.717, 1.165) is 12.1 Å². The number of ether oxygens (including phenoxy) is 2. The molecule has 2 N–H and O–H groups in total. The molecule has 1 unspecified atom stereocenters. The van der Waals surface area contributed by atoms with Crippen LogP contribution in [-0.4, -0.2) is 42.8 Å². The monoisotopic (exact) mass is 401 g/mol. The summed E-state index contributed by atoms with van der Waals surface area (Å²) in [5.41, 5.74) is 7.56. The summed E-state index contributed by atoms with van der Waals surface area (Å²) >= 11 is 6.50. The lowest BCUT2D eigenvalue weighted by Crippen LogP contribution is -2.32. The zero-order valence-electron chi connectivity index (χ0n) is 15.6. The molecule has 1 aliphatic rings. The fourth-order valence-electron chi connectivity index (χ4n) is 3.25. The van der Waals surface area contributed by atoms with E-state index in [0.29, 0.717) is 36.2 Å². The summed E-state index contributed by atoms with van der Waals surface area (Å²) in [4.78, 5) is 22.5. The number of nitrogens with two attached hydrogens (primary N) is 1. The Morgan fingerprint density at radius 2 is 2.21 bits per heavy atom. The summed E-state index contributed by atoms with van der Waals surface area (Å²) in [6.07, 6.45) is 0.794. The number of hydrogen-bond acceptors (Lipinski definition) is 8. The van der Waals surface area contributed by atoms with Crippen molar-refractivity contribution in [3.8, 4) is 6.07 Å². The number of benzene rings is 1. The van der Waals surface area contributed by atoms with Gasteiger partial charge >= 0.3 is 5.97 Å². The van der Waals surface area contributed by atoms with E-state index in [1.807, 2.05) is 24.0 Å². The standard InChI is InChI=1S/C19H20ClN5O3/c1-11-6-17(24-19(22)23-11)25-4-3-5-28-10-16(25)14-7-12(9-21)13(8-15(14)20)18(26)27-2/h6-8,16H,3-5,10H2,1-2H3,(H2,22,23,24). The lowest BCUT2D eigenvalue weighted by Gasteiger charge is -2.31. The second kappa shape index (κ2) is 8.42. The molecule has 0 amide bonds.